The fourth-order valence-corrected chi connectivity index (χ4v) is 7.21. The van der Waals surface area contributed by atoms with E-state index >= 15 is 0 Å². The van der Waals surface area contributed by atoms with Gasteiger partial charge < -0.3 is 14.4 Å². The largest absolute Gasteiger partial charge is 0.341 e. The number of halogens is 1. The van der Waals surface area contributed by atoms with Gasteiger partial charge in [0.25, 0.3) is 0 Å². The van der Waals surface area contributed by atoms with Gasteiger partial charge in [0.1, 0.15) is 17.8 Å². The van der Waals surface area contributed by atoms with Crippen LogP contribution in [0, 0.1) is 17.2 Å². The maximum absolute atomic E-state index is 13.4. The van der Waals surface area contributed by atoms with Crippen LogP contribution in [-0.4, -0.2) is 63.9 Å². The molecule has 0 aromatic carbocycles. The minimum absolute atomic E-state index is 0.214. The van der Waals surface area contributed by atoms with Crippen molar-refractivity contribution in [1.82, 2.24) is 19.1 Å². The molecule has 1 saturated heterocycles. The summed E-state index contributed by atoms with van der Waals surface area (Å²) in [5.74, 6) is 0.292. The van der Waals surface area contributed by atoms with Gasteiger partial charge in [-0.15, -0.1) is 0 Å². The second kappa shape index (κ2) is 9.47. The maximum atomic E-state index is 13.4. The Morgan fingerprint density at radius 3 is 2.91 bits per heavy atom. The molecule has 32 heavy (non-hydrogen) atoms. The van der Waals surface area contributed by atoms with Gasteiger partial charge in [0, 0.05) is 32.0 Å². The molecule has 1 fully saturated rings. The molecule has 3 aliphatic heterocycles. The number of hydrogen-bond donors (Lipinski definition) is 1. The van der Waals surface area contributed by atoms with Crippen molar-refractivity contribution in [3.8, 4) is 6.07 Å². The van der Waals surface area contributed by atoms with Crippen molar-refractivity contribution in [3.63, 3.8) is 0 Å². The Labute approximate surface area is 197 Å². The van der Waals surface area contributed by atoms with E-state index in [2.05, 4.69) is 22.7 Å². The molecule has 3 aliphatic rings. The van der Waals surface area contributed by atoms with Gasteiger partial charge >= 0.3 is 0 Å². The van der Waals surface area contributed by atoms with Gasteiger partial charge in [-0.1, -0.05) is 30.3 Å². The van der Waals surface area contributed by atoms with E-state index in [0.717, 1.165) is 12.8 Å². The molecule has 0 aliphatic carbocycles. The quantitative estimate of drug-likeness (QED) is 0.457. The Hall–Kier alpha value is -2.00. The molecule has 1 amide bonds. The average Bonchev–Trinajstić information content (AvgIpc) is 3.46. The van der Waals surface area contributed by atoms with Crippen molar-refractivity contribution in [2.75, 3.05) is 13.1 Å². The number of amides is 1. The first-order chi connectivity index (χ1) is 15.3. The standard InChI is InChI=1S/C20H25ClN6O3S2/c1-14-4-8-26(9-5-14)18(28)16(6-10-25-7-2-3-15(25)13-22)24-32(29,30)19-17(21)23-20-27(19)11-12-31-20/h2-3,7,11-12,14,16-17,19,24H,4-6,8-10H2,1H3. The van der Waals surface area contributed by atoms with Crippen molar-refractivity contribution in [1.29, 1.82) is 5.26 Å². The van der Waals surface area contributed by atoms with Crippen LogP contribution >= 0.6 is 23.4 Å². The topological polar surface area (TPSA) is 111 Å². The Balaban J connectivity index is 1.53. The first-order valence-electron chi connectivity index (χ1n) is 10.5. The minimum atomic E-state index is -4.02. The fraction of sp³-hybridized carbons (Fsp3) is 0.550. The molecule has 0 saturated carbocycles. The number of alkyl halides is 1. The normalized spacial score (nSPS) is 24.3. The van der Waals surface area contributed by atoms with E-state index in [0.29, 0.717) is 36.4 Å². The second-order valence-corrected chi connectivity index (χ2v) is 11.3. The Morgan fingerprint density at radius 1 is 1.44 bits per heavy atom. The Kier molecular flexibility index (Phi) is 6.86. The molecular formula is C20H25ClN6O3S2. The lowest BCUT2D eigenvalue weighted by Gasteiger charge is -2.34. The zero-order valence-corrected chi connectivity index (χ0v) is 20.0. The van der Waals surface area contributed by atoms with Crippen molar-refractivity contribution >= 4 is 44.5 Å². The van der Waals surface area contributed by atoms with Gasteiger partial charge in [-0.25, -0.2) is 18.1 Å². The first kappa shape index (κ1) is 23.2. The number of nitrogens with zero attached hydrogens (tertiary/aromatic N) is 5. The predicted molar refractivity (Wildman–Crippen MR) is 124 cm³/mol. The number of piperidine rings is 1. The zero-order valence-electron chi connectivity index (χ0n) is 17.6. The van der Waals surface area contributed by atoms with Crippen molar-refractivity contribution in [2.24, 2.45) is 10.9 Å². The number of fused-ring (bicyclic) bond motifs is 1. The van der Waals surface area contributed by atoms with Crippen LogP contribution in [0.3, 0.4) is 0 Å². The first-order valence-corrected chi connectivity index (χ1v) is 13.3. The summed E-state index contributed by atoms with van der Waals surface area (Å²) < 4.78 is 31.0. The van der Waals surface area contributed by atoms with Crippen molar-refractivity contribution < 1.29 is 13.2 Å². The Bertz CT molecular complexity index is 1070. The lowest BCUT2D eigenvalue weighted by Crippen LogP contribution is -2.55. The number of amidine groups is 1. The second-order valence-electron chi connectivity index (χ2n) is 8.20. The van der Waals surface area contributed by atoms with Gasteiger partial charge in [-0.2, -0.15) is 5.26 Å². The summed E-state index contributed by atoms with van der Waals surface area (Å²) in [6.07, 6.45) is 5.37. The van der Waals surface area contributed by atoms with Gasteiger partial charge in [0.2, 0.25) is 15.9 Å². The number of nitriles is 1. The van der Waals surface area contributed by atoms with Crippen LogP contribution in [0.4, 0.5) is 0 Å². The van der Waals surface area contributed by atoms with Crippen LogP contribution < -0.4 is 4.72 Å². The third kappa shape index (κ3) is 4.69. The van der Waals surface area contributed by atoms with E-state index in [1.807, 2.05) is 0 Å². The van der Waals surface area contributed by atoms with Gasteiger partial charge in [-0.05, 0) is 42.7 Å². The number of aromatic nitrogens is 1. The number of sulfonamides is 1. The summed E-state index contributed by atoms with van der Waals surface area (Å²) in [6.45, 7) is 3.68. The van der Waals surface area contributed by atoms with E-state index < -0.39 is 26.9 Å². The third-order valence-corrected chi connectivity index (χ3v) is 8.98. The van der Waals surface area contributed by atoms with Crippen LogP contribution in [0.1, 0.15) is 31.9 Å². The minimum Gasteiger partial charge on any atom is -0.341 e. The number of likely N-dealkylation sites (tertiary alicyclic amines) is 1. The molecule has 1 aromatic heterocycles. The molecule has 1 N–H and O–H groups in total. The highest BCUT2D eigenvalue weighted by Crippen LogP contribution is 2.34. The summed E-state index contributed by atoms with van der Waals surface area (Å²) in [6, 6.07) is 4.57. The number of aryl methyl sites for hydroxylation is 1. The summed E-state index contributed by atoms with van der Waals surface area (Å²) >= 11 is 7.57. The van der Waals surface area contributed by atoms with Gasteiger partial charge in [0.05, 0.1) is 0 Å². The molecule has 3 unspecified atom stereocenters. The summed E-state index contributed by atoms with van der Waals surface area (Å²) in [7, 11) is -4.02. The molecule has 0 bridgehead atoms. The smallest absolute Gasteiger partial charge is 0.240 e. The average molecular weight is 497 g/mol. The molecule has 4 rings (SSSR count). The highest BCUT2D eigenvalue weighted by atomic mass is 35.5. The molecule has 172 valence electrons. The molecule has 1 aromatic rings. The highest BCUT2D eigenvalue weighted by molar-refractivity contribution is 8.16. The zero-order chi connectivity index (χ0) is 22.9. The van der Waals surface area contributed by atoms with Crippen molar-refractivity contribution in [2.45, 2.75) is 49.6 Å². The van der Waals surface area contributed by atoms with E-state index in [1.165, 1.54) is 16.7 Å². The van der Waals surface area contributed by atoms with Crippen LogP contribution in [0.15, 0.2) is 34.9 Å². The van der Waals surface area contributed by atoms with Crippen LogP contribution in [0.2, 0.25) is 0 Å². The van der Waals surface area contributed by atoms with E-state index in [1.54, 1.807) is 39.4 Å². The highest BCUT2D eigenvalue weighted by Gasteiger charge is 2.46. The van der Waals surface area contributed by atoms with Crippen molar-refractivity contribution in [3.05, 3.63) is 35.6 Å². The number of thioether (sulfide) groups is 1. The predicted octanol–water partition coefficient (Wildman–Crippen LogP) is 2.08. The lowest BCUT2D eigenvalue weighted by atomic mass is 9.98. The fourth-order valence-electron chi connectivity index (χ4n) is 4.10. The molecule has 0 radical (unpaired) electrons. The molecular weight excluding hydrogens is 472 g/mol. The molecule has 4 heterocycles. The summed E-state index contributed by atoms with van der Waals surface area (Å²) in [5.41, 5.74) is -0.513. The number of carbonyl (C=O) groups excluding carboxylic acids is 1. The number of aliphatic imine (C=N–C) groups is 1. The molecule has 12 heteroatoms. The SMILES string of the molecule is CC1CCN(C(=O)C(CCn2cccc2C#N)NS(=O)(=O)C2C(Cl)N=C3SC=CN32)CC1. The summed E-state index contributed by atoms with van der Waals surface area (Å²) in [5, 5.41) is 10.4. The monoisotopic (exact) mass is 496 g/mol. The lowest BCUT2D eigenvalue weighted by molar-refractivity contribution is -0.134. The number of hydrogen-bond acceptors (Lipinski definition) is 7. The summed E-state index contributed by atoms with van der Waals surface area (Å²) in [4.78, 5) is 20.8. The third-order valence-electron chi connectivity index (χ3n) is 5.98. The number of carbonyl (C=O) groups is 1. The van der Waals surface area contributed by atoms with Crippen LogP contribution in [0.5, 0.6) is 0 Å². The maximum Gasteiger partial charge on any atom is 0.240 e. The molecule has 3 atom stereocenters. The van der Waals surface area contributed by atoms with E-state index in [9.17, 15) is 18.5 Å². The van der Waals surface area contributed by atoms with Gasteiger partial charge in [0.15, 0.2) is 16.0 Å². The molecule has 9 nitrogen and oxygen atoms in total. The number of nitrogens with one attached hydrogen (secondary N) is 1. The van der Waals surface area contributed by atoms with Crippen LogP contribution in [-0.2, 0) is 21.4 Å². The molecule has 0 spiro atoms. The number of rotatable bonds is 7. The van der Waals surface area contributed by atoms with Gasteiger partial charge in [-0.3, -0.25) is 4.79 Å². The van der Waals surface area contributed by atoms with Crippen LogP contribution in [0.25, 0.3) is 0 Å². The Morgan fingerprint density at radius 2 is 2.19 bits per heavy atom. The van der Waals surface area contributed by atoms with E-state index in [-0.39, 0.29) is 12.3 Å². The van der Waals surface area contributed by atoms with E-state index in [4.69, 9.17) is 11.6 Å².